The minimum absolute atomic E-state index is 0.0159. The summed E-state index contributed by atoms with van der Waals surface area (Å²) in [5.41, 5.74) is 0.843. The summed E-state index contributed by atoms with van der Waals surface area (Å²) >= 11 is 0. The van der Waals surface area contributed by atoms with Crippen LogP contribution >= 0.6 is 0 Å². The lowest BCUT2D eigenvalue weighted by Gasteiger charge is -2.34. The summed E-state index contributed by atoms with van der Waals surface area (Å²) < 4.78 is 10.4. The van der Waals surface area contributed by atoms with Crippen molar-refractivity contribution in [2.24, 2.45) is 0 Å². The molecule has 30 heavy (non-hydrogen) atoms. The third-order valence-corrected chi connectivity index (χ3v) is 4.63. The standard InChI is InChI=1S/C20H24N4O6/c1-11(2)30-20(28)21-13-6-12(7-13)15-8-18(24-23-15)22-19(27)10-29-17-5-3-4-16(26)14(17)9-25/h3-5,8-9,11-13,26H,6-7,10H2,1-2H3,(H,21,28)(H2,22,23,24,27). The summed E-state index contributed by atoms with van der Waals surface area (Å²) in [5.74, 6) is -0.0118. The number of hydrogen-bond acceptors (Lipinski definition) is 7. The number of rotatable bonds is 8. The number of nitrogens with zero attached hydrogens (tertiary/aromatic N) is 1. The number of carbonyl (C=O) groups is 3. The molecule has 1 aliphatic carbocycles. The van der Waals surface area contributed by atoms with Gasteiger partial charge in [-0.2, -0.15) is 5.10 Å². The van der Waals surface area contributed by atoms with Crippen LogP contribution in [0.1, 0.15) is 48.7 Å². The number of aromatic nitrogens is 2. The molecule has 0 unspecified atom stereocenters. The lowest BCUT2D eigenvalue weighted by Crippen LogP contribution is -2.44. The van der Waals surface area contributed by atoms with E-state index < -0.39 is 12.0 Å². The van der Waals surface area contributed by atoms with Crippen LogP contribution < -0.4 is 15.4 Å². The largest absolute Gasteiger partial charge is 0.507 e. The molecule has 4 N–H and O–H groups in total. The fourth-order valence-corrected chi connectivity index (χ4v) is 3.11. The van der Waals surface area contributed by atoms with Crippen molar-refractivity contribution in [3.05, 3.63) is 35.5 Å². The molecule has 3 rings (SSSR count). The minimum atomic E-state index is -0.460. The molecule has 1 saturated carbocycles. The van der Waals surface area contributed by atoms with Crippen LogP contribution in [0.15, 0.2) is 24.3 Å². The van der Waals surface area contributed by atoms with E-state index in [2.05, 4.69) is 20.8 Å². The van der Waals surface area contributed by atoms with E-state index >= 15 is 0 Å². The van der Waals surface area contributed by atoms with Gasteiger partial charge >= 0.3 is 6.09 Å². The number of nitrogens with one attached hydrogen (secondary N) is 3. The Morgan fingerprint density at radius 1 is 1.37 bits per heavy atom. The van der Waals surface area contributed by atoms with E-state index in [1.807, 2.05) is 0 Å². The highest BCUT2D eigenvalue weighted by atomic mass is 16.6. The second-order valence-electron chi connectivity index (χ2n) is 7.32. The molecule has 10 nitrogen and oxygen atoms in total. The number of ether oxygens (including phenoxy) is 2. The van der Waals surface area contributed by atoms with Gasteiger partial charge in [0.15, 0.2) is 18.7 Å². The van der Waals surface area contributed by atoms with E-state index in [0.717, 1.165) is 18.5 Å². The van der Waals surface area contributed by atoms with Gasteiger partial charge in [-0.05, 0) is 38.8 Å². The van der Waals surface area contributed by atoms with E-state index in [-0.39, 0.29) is 41.7 Å². The molecule has 160 valence electrons. The fourth-order valence-electron chi connectivity index (χ4n) is 3.11. The van der Waals surface area contributed by atoms with Crippen LogP contribution in [-0.4, -0.2) is 52.3 Å². The summed E-state index contributed by atoms with van der Waals surface area (Å²) in [6.45, 7) is 3.24. The number of aldehydes is 1. The number of alkyl carbamates (subject to hydrolysis) is 1. The Morgan fingerprint density at radius 2 is 2.13 bits per heavy atom. The quantitative estimate of drug-likeness (QED) is 0.484. The molecule has 0 bridgehead atoms. The first-order chi connectivity index (χ1) is 14.4. The topological polar surface area (TPSA) is 143 Å². The second kappa shape index (κ2) is 9.29. The van der Waals surface area contributed by atoms with E-state index in [1.54, 1.807) is 19.9 Å². The molecule has 1 heterocycles. The Balaban J connectivity index is 1.45. The molecule has 1 aliphatic rings. The number of aromatic hydroxyl groups is 1. The van der Waals surface area contributed by atoms with Crippen molar-refractivity contribution < 1.29 is 29.0 Å². The van der Waals surface area contributed by atoms with Gasteiger partial charge in [-0.3, -0.25) is 14.7 Å². The van der Waals surface area contributed by atoms with Crippen molar-refractivity contribution in [2.45, 2.75) is 44.8 Å². The normalized spacial score (nSPS) is 17.7. The Kier molecular flexibility index (Phi) is 6.55. The predicted octanol–water partition coefficient (Wildman–Crippen LogP) is 2.33. The molecule has 0 radical (unpaired) electrons. The van der Waals surface area contributed by atoms with Gasteiger partial charge in [0.25, 0.3) is 5.91 Å². The second-order valence-corrected chi connectivity index (χ2v) is 7.32. The molecular formula is C20H24N4O6. The first-order valence-electron chi connectivity index (χ1n) is 9.58. The van der Waals surface area contributed by atoms with Crippen LogP contribution in [0.5, 0.6) is 11.5 Å². The summed E-state index contributed by atoms with van der Waals surface area (Å²) in [6.07, 6.45) is 1.37. The van der Waals surface area contributed by atoms with E-state index in [0.29, 0.717) is 12.1 Å². The van der Waals surface area contributed by atoms with Crippen molar-refractivity contribution in [3.8, 4) is 11.5 Å². The van der Waals surface area contributed by atoms with E-state index in [4.69, 9.17) is 9.47 Å². The number of amides is 2. The van der Waals surface area contributed by atoms with Crippen LogP contribution in [0.3, 0.4) is 0 Å². The highest BCUT2D eigenvalue weighted by Gasteiger charge is 2.33. The number of benzene rings is 1. The number of anilines is 1. The van der Waals surface area contributed by atoms with Crippen LogP contribution in [0.25, 0.3) is 0 Å². The molecule has 0 spiro atoms. The Labute approximate surface area is 172 Å². The zero-order valence-corrected chi connectivity index (χ0v) is 16.7. The molecule has 1 aromatic carbocycles. The zero-order chi connectivity index (χ0) is 21.7. The zero-order valence-electron chi connectivity index (χ0n) is 16.7. The lowest BCUT2D eigenvalue weighted by atomic mass is 9.78. The number of phenols is 1. The van der Waals surface area contributed by atoms with Crippen molar-refractivity contribution in [3.63, 3.8) is 0 Å². The van der Waals surface area contributed by atoms with Gasteiger partial charge < -0.3 is 25.2 Å². The van der Waals surface area contributed by atoms with E-state index in [9.17, 15) is 19.5 Å². The maximum Gasteiger partial charge on any atom is 0.407 e. The number of H-pyrrole nitrogens is 1. The highest BCUT2D eigenvalue weighted by Crippen LogP contribution is 2.36. The molecule has 2 amide bonds. The number of phenolic OH excluding ortho intramolecular Hbond substituents is 1. The first-order valence-corrected chi connectivity index (χ1v) is 9.58. The van der Waals surface area contributed by atoms with Crippen molar-refractivity contribution in [1.29, 1.82) is 0 Å². The third-order valence-electron chi connectivity index (χ3n) is 4.63. The predicted molar refractivity (Wildman–Crippen MR) is 107 cm³/mol. The fraction of sp³-hybridized carbons (Fsp3) is 0.400. The van der Waals surface area contributed by atoms with Gasteiger partial charge in [-0.15, -0.1) is 0 Å². The third kappa shape index (κ3) is 5.28. The average molecular weight is 416 g/mol. The maximum atomic E-state index is 12.1. The van der Waals surface area contributed by atoms with E-state index in [1.165, 1.54) is 18.2 Å². The molecule has 0 atom stereocenters. The van der Waals surface area contributed by atoms with Gasteiger partial charge in [0, 0.05) is 23.7 Å². The van der Waals surface area contributed by atoms with Crippen molar-refractivity contribution >= 4 is 24.1 Å². The van der Waals surface area contributed by atoms with Gasteiger partial charge in [-0.1, -0.05) is 6.07 Å². The summed E-state index contributed by atoms with van der Waals surface area (Å²) in [5, 5.41) is 22.0. The Bertz CT molecular complexity index is 920. The number of aromatic amines is 1. The monoisotopic (exact) mass is 416 g/mol. The average Bonchev–Trinajstić information content (AvgIpc) is 3.09. The highest BCUT2D eigenvalue weighted by molar-refractivity contribution is 5.91. The van der Waals surface area contributed by atoms with Gasteiger partial charge in [-0.25, -0.2) is 4.79 Å². The van der Waals surface area contributed by atoms with Crippen molar-refractivity contribution in [1.82, 2.24) is 15.5 Å². The number of hydrogen-bond donors (Lipinski definition) is 4. The van der Waals surface area contributed by atoms with Crippen LogP contribution in [0.4, 0.5) is 10.6 Å². The summed E-state index contributed by atoms with van der Waals surface area (Å²) in [4.78, 5) is 34.7. The SMILES string of the molecule is CC(C)OC(=O)NC1CC(c2cc(NC(=O)COc3cccc(O)c3C=O)n[nH]2)C1. The summed E-state index contributed by atoms with van der Waals surface area (Å²) in [6, 6.07) is 6.14. The Hall–Kier alpha value is -3.56. The maximum absolute atomic E-state index is 12.1. The molecule has 1 fully saturated rings. The number of carbonyl (C=O) groups excluding carboxylic acids is 3. The van der Waals surface area contributed by atoms with Crippen molar-refractivity contribution in [2.75, 3.05) is 11.9 Å². The summed E-state index contributed by atoms with van der Waals surface area (Å²) in [7, 11) is 0. The smallest absolute Gasteiger partial charge is 0.407 e. The van der Waals surface area contributed by atoms with Gasteiger partial charge in [0.2, 0.25) is 0 Å². The molecule has 10 heteroatoms. The van der Waals surface area contributed by atoms with Gasteiger partial charge in [0.05, 0.1) is 11.7 Å². The van der Waals surface area contributed by atoms with Crippen LogP contribution in [0.2, 0.25) is 0 Å². The molecular weight excluding hydrogens is 392 g/mol. The van der Waals surface area contributed by atoms with Crippen LogP contribution in [-0.2, 0) is 9.53 Å². The molecule has 0 aliphatic heterocycles. The molecule has 2 aromatic rings. The minimum Gasteiger partial charge on any atom is -0.507 e. The Morgan fingerprint density at radius 3 is 2.83 bits per heavy atom. The van der Waals surface area contributed by atoms with Crippen LogP contribution in [0, 0.1) is 0 Å². The molecule has 1 aromatic heterocycles. The lowest BCUT2D eigenvalue weighted by molar-refractivity contribution is -0.118. The van der Waals surface area contributed by atoms with Gasteiger partial charge in [0.1, 0.15) is 11.5 Å². The molecule has 0 saturated heterocycles. The first kappa shape index (κ1) is 21.2.